The van der Waals surface area contributed by atoms with Crippen molar-refractivity contribution in [2.75, 3.05) is 6.54 Å². The fourth-order valence-electron chi connectivity index (χ4n) is 4.13. The van der Waals surface area contributed by atoms with Crippen LogP contribution in [0.15, 0.2) is 85.8 Å². The Hall–Kier alpha value is -3.93. The van der Waals surface area contributed by atoms with Gasteiger partial charge in [-0.05, 0) is 55.3 Å². The van der Waals surface area contributed by atoms with Crippen LogP contribution in [0, 0.1) is 0 Å². The van der Waals surface area contributed by atoms with Crippen LogP contribution in [0.1, 0.15) is 24.7 Å². The van der Waals surface area contributed by atoms with E-state index in [1.165, 1.54) is 6.08 Å². The number of rotatable bonds is 5. The SMILES string of the molecule is C=CC(=O)N1CCC[C@@H]1c1nc(-c2ccc(Oc3ccccc3)cc2)c2cnccn12. The Morgan fingerprint density at radius 1 is 1.10 bits per heavy atom. The quantitative estimate of drug-likeness (QED) is 0.433. The van der Waals surface area contributed by atoms with E-state index in [0.29, 0.717) is 0 Å². The Morgan fingerprint density at radius 3 is 2.65 bits per heavy atom. The number of hydrogen-bond donors (Lipinski definition) is 0. The second-order valence-electron chi connectivity index (χ2n) is 7.48. The molecule has 154 valence electrons. The molecule has 6 heteroatoms. The summed E-state index contributed by atoms with van der Waals surface area (Å²) < 4.78 is 7.94. The van der Waals surface area contributed by atoms with Crippen molar-refractivity contribution in [2.24, 2.45) is 0 Å². The van der Waals surface area contributed by atoms with Crippen molar-refractivity contribution < 1.29 is 9.53 Å². The van der Waals surface area contributed by atoms with Crippen molar-refractivity contribution in [2.45, 2.75) is 18.9 Å². The van der Waals surface area contributed by atoms with E-state index in [0.717, 1.165) is 53.5 Å². The standard InChI is InChI=1S/C25H22N4O2/c1-2-23(30)28-15-6-9-21(28)25-27-24(22-17-26-14-16-29(22)25)18-10-12-20(13-11-18)31-19-7-4-3-5-8-19/h2-5,7-8,10-14,16-17,21H,1,6,9,15H2/t21-/m1/s1. The van der Waals surface area contributed by atoms with Gasteiger partial charge in [-0.3, -0.25) is 14.2 Å². The largest absolute Gasteiger partial charge is 0.457 e. The fourth-order valence-corrected chi connectivity index (χ4v) is 4.13. The highest BCUT2D eigenvalue weighted by Gasteiger charge is 2.32. The molecule has 31 heavy (non-hydrogen) atoms. The summed E-state index contributed by atoms with van der Waals surface area (Å²) in [5.74, 6) is 2.35. The highest BCUT2D eigenvalue weighted by Crippen LogP contribution is 2.35. The number of hydrogen-bond acceptors (Lipinski definition) is 4. The summed E-state index contributed by atoms with van der Waals surface area (Å²) in [4.78, 5) is 23.5. The molecule has 6 nitrogen and oxygen atoms in total. The van der Waals surface area contributed by atoms with Gasteiger partial charge in [0, 0.05) is 24.5 Å². The third-order valence-electron chi connectivity index (χ3n) is 5.59. The van der Waals surface area contributed by atoms with Crippen molar-refractivity contribution in [3.05, 3.63) is 91.7 Å². The molecule has 1 aliphatic rings. The molecule has 0 bridgehead atoms. The van der Waals surface area contributed by atoms with Gasteiger partial charge < -0.3 is 9.64 Å². The molecule has 0 radical (unpaired) electrons. The number of likely N-dealkylation sites (tertiary alicyclic amines) is 1. The van der Waals surface area contributed by atoms with Gasteiger partial charge in [0.25, 0.3) is 0 Å². The van der Waals surface area contributed by atoms with E-state index in [1.54, 1.807) is 6.20 Å². The molecule has 3 heterocycles. The first-order valence-electron chi connectivity index (χ1n) is 10.3. The topological polar surface area (TPSA) is 59.7 Å². The number of carbonyl (C=O) groups excluding carboxylic acids is 1. The molecular formula is C25H22N4O2. The van der Waals surface area contributed by atoms with Gasteiger partial charge in [0.05, 0.1) is 23.4 Å². The molecule has 0 saturated carbocycles. The van der Waals surface area contributed by atoms with Crippen LogP contribution in [-0.4, -0.2) is 31.7 Å². The Labute approximate surface area is 180 Å². The van der Waals surface area contributed by atoms with Gasteiger partial charge >= 0.3 is 0 Å². The van der Waals surface area contributed by atoms with Crippen LogP contribution in [0.5, 0.6) is 11.5 Å². The van der Waals surface area contributed by atoms with Crippen LogP contribution in [0.2, 0.25) is 0 Å². The number of carbonyl (C=O) groups is 1. The Morgan fingerprint density at radius 2 is 1.87 bits per heavy atom. The molecule has 0 spiro atoms. The molecular weight excluding hydrogens is 388 g/mol. The number of amides is 1. The molecule has 0 N–H and O–H groups in total. The van der Waals surface area contributed by atoms with Gasteiger partial charge in [-0.25, -0.2) is 4.98 Å². The van der Waals surface area contributed by atoms with Crippen LogP contribution in [0.3, 0.4) is 0 Å². The molecule has 2 aromatic heterocycles. The lowest BCUT2D eigenvalue weighted by Gasteiger charge is -2.22. The van der Waals surface area contributed by atoms with Gasteiger partial charge in [-0.1, -0.05) is 24.8 Å². The molecule has 1 saturated heterocycles. The molecule has 1 aliphatic heterocycles. The van der Waals surface area contributed by atoms with Gasteiger partial charge in [0.2, 0.25) is 5.91 Å². The zero-order valence-electron chi connectivity index (χ0n) is 17.0. The second-order valence-corrected chi connectivity index (χ2v) is 7.48. The molecule has 5 rings (SSSR count). The molecule has 0 unspecified atom stereocenters. The average molecular weight is 410 g/mol. The van der Waals surface area contributed by atoms with Gasteiger partial charge in [0.15, 0.2) is 0 Å². The van der Waals surface area contributed by atoms with Crippen molar-refractivity contribution in [3.8, 4) is 22.8 Å². The summed E-state index contributed by atoms with van der Waals surface area (Å²) >= 11 is 0. The first-order chi connectivity index (χ1) is 15.2. The number of aromatic nitrogens is 3. The zero-order chi connectivity index (χ0) is 21.2. The molecule has 1 amide bonds. The normalized spacial score (nSPS) is 15.9. The highest BCUT2D eigenvalue weighted by molar-refractivity contribution is 5.87. The highest BCUT2D eigenvalue weighted by atomic mass is 16.5. The maximum Gasteiger partial charge on any atom is 0.246 e. The maximum atomic E-state index is 12.3. The number of ether oxygens (including phenoxy) is 1. The van der Waals surface area contributed by atoms with Crippen molar-refractivity contribution in [1.29, 1.82) is 0 Å². The van der Waals surface area contributed by atoms with E-state index in [1.807, 2.05) is 76.3 Å². The first kappa shape index (κ1) is 19.1. The summed E-state index contributed by atoms with van der Waals surface area (Å²) in [6.45, 7) is 4.36. The molecule has 1 atom stereocenters. The number of benzene rings is 2. The van der Waals surface area contributed by atoms with Crippen LogP contribution in [-0.2, 0) is 4.79 Å². The first-order valence-corrected chi connectivity index (χ1v) is 10.3. The van der Waals surface area contributed by atoms with Crippen molar-refractivity contribution in [3.63, 3.8) is 0 Å². The zero-order valence-corrected chi connectivity index (χ0v) is 17.0. The summed E-state index contributed by atoms with van der Waals surface area (Å²) in [5.41, 5.74) is 2.72. The smallest absolute Gasteiger partial charge is 0.246 e. The Balaban J connectivity index is 1.51. The van der Waals surface area contributed by atoms with Crippen LogP contribution >= 0.6 is 0 Å². The van der Waals surface area contributed by atoms with E-state index in [9.17, 15) is 4.79 Å². The minimum atomic E-state index is -0.0742. The Kier molecular flexibility index (Phi) is 4.96. The van der Waals surface area contributed by atoms with Gasteiger partial charge in [-0.2, -0.15) is 0 Å². The van der Waals surface area contributed by atoms with Crippen LogP contribution < -0.4 is 4.74 Å². The predicted molar refractivity (Wildman–Crippen MR) is 119 cm³/mol. The van der Waals surface area contributed by atoms with E-state index in [2.05, 4.69) is 11.6 Å². The average Bonchev–Trinajstić information content (AvgIpc) is 3.45. The minimum absolute atomic E-state index is 0.0581. The van der Waals surface area contributed by atoms with E-state index >= 15 is 0 Å². The lowest BCUT2D eigenvalue weighted by atomic mass is 10.1. The fraction of sp³-hybridized carbons (Fsp3) is 0.160. The number of nitrogens with zero attached hydrogens (tertiary/aromatic N) is 4. The third-order valence-corrected chi connectivity index (χ3v) is 5.59. The minimum Gasteiger partial charge on any atom is -0.457 e. The lowest BCUT2D eigenvalue weighted by Crippen LogP contribution is -2.29. The van der Waals surface area contributed by atoms with Crippen LogP contribution in [0.25, 0.3) is 16.8 Å². The number of para-hydroxylation sites is 1. The van der Waals surface area contributed by atoms with E-state index in [-0.39, 0.29) is 11.9 Å². The summed E-state index contributed by atoms with van der Waals surface area (Å²) in [5, 5.41) is 0. The summed E-state index contributed by atoms with van der Waals surface area (Å²) in [6.07, 6.45) is 8.67. The molecule has 1 fully saturated rings. The predicted octanol–water partition coefficient (Wildman–Crippen LogP) is 5.04. The summed E-state index contributed by atoms with van der Waals surface area (Å²) in [7, 11) is 0. The van der Waals surface area contributed by atoms with Gasteiger partial charge in [0.1, 0.15) is 17.3 Å². The Bertz CT molecular complexity index is 1230. The van der Waals surface area contributed by atoms with E-state index in [4.69, 9.17) is 9.72 Å². The molecule has 2 aromatic carbocycles. The van der Waals surface area contributed by atoms with Crippen molar-refractivity contribution in [1.82, 2.24) is 19.3 Å². The summed E-state index contributed by atoms with van der Waals surface area (Å²) in [6, 6.07) is 17.5. The molecule has 0 aliphatic carbocycles. The molecule has 4 aromatic rings. The second kappa shape index (κ2) is 8.07. The van der Waals surface area contributed by atoms with E-state index < -0.39 is 0 Å². The van der Waals surface area contributed by atoms with Gasteiger partial charge in [-0.15, -0.1) is 0 Å². The third kappa shape index (κ3) is 3.57. The number of imidazole rings is 1. The maximum absolute atomic E-state index is 12.3. The monoisotopic (exact) mass is 410 g/mol. The number of fused-ring (bicyclic) bond motifs is 1. The van der Waals surface area contributed by atoms with Crippen LogP contribution in [0.4, 0.5) is 0 Å². The van der Waals surface area contributed by atoms with Crippen molar-refractivity contribution >= 4 is 11.4 Å². The lowest BCUT2D eigenvalue weighted by molar-refractivity contribution is -0.127.